The number of allylic oxidation sites excluding steroid dienone is 4. The molecule has 0 unspecified atom stereocenters. The molecule has 0 radical (unpaired) electrons. The van der Waals surface area contributed by atoms with E-state index in [2.05, 4.69) is 54.1 Å². The Morgan fingerprint density at radius 2 is 1.04 bits per heavy atom. The Morgan fingerprint density at radius 3 is 1.44 bits per heavy atom. The van der Waals surface area contributed by atoms with Crippen molar-refractivity contribution in [3.05, 3.63) is 24.3 Å². The highest BCUT2D eigenvalue weighted by molar-refractivity contribution is 5.76. The number of rotatable bonds is 16. The Balaban J connectivity index is 3.37. The summed E-state index contributed by atoms with van der Waals surface area (Å²) in [6.07, 6.45) is 15.6. The first-order valence-corrected chi connectivity index (χ1v) is 9.74. The molecule has 0 fully saturated rings. The summed E-state index contributed by atoms with van der Waals surface area (Å²) in [5, 5.41) is 8.98. The molecule has 0 rings (SSSR count). The Labute approximate surface area is 153 Å². The van der Waals surface area contributed by atoms with E-state index in [-0.39, 0.29) is 11.8 Å². The van der Waals surface area contributed by atoms with E-state index in [1.807, 2.05) is 0 Å². The lowest BCUT2D eigenvalue weighted by Crippen LogP contribution is -2.36. The molecule has 3 N–H and O–H groups in total. The van der Waals surface area contributed by atoms with Gasteiger partial charge in [0.25, 0.3) is 0 Å². The van der Waals surface area contributed by atoms with Gasteiger partial charge in [-0.2, -0.15) is 0 Å². The molecule has 0 aliphatic rings. The molecule has 25 heavy (non-hydrogen) atoms. The minimum Gasteiger partial charge on any atom is -0.355 e. The fourth-order valence-corrected chi connectivity index (χ4v) is 2.12. The molecule has 0 aliphatic carbocycles. The van der Waals surface area contributed by atoms with Crippen LogP contribution < -0.4 is 16.0 Å². The Kier molecular flexibility index (Phi) is 17.5. The third-order valence-electron chi connectivity index (χ3n) is 3.57. The second kappa shape index (κ2) is 18.7. The monoisotopic (exact) mass is 351 g/mol. The topological polar surface area (TPSA) is 70.2 Å². The van der Waals surface area contributed by atoms with Gasteiger partial charge >= 0.3 is 0 Å². The molecular formula is C20H37N3O2. The van der Waals surface area contributed by atoms with Crippen molar-refractivity contribution in [3.63, 3.8) is 0 Å². The molecule has 2 amide bonds. The predicted octanol–water partition coefficient (Wildman–Crippen LogP) is 3.08. The van der Waals surface area contributed by atoms with Crippen LogP contribution in [-0.4, -0.2) is 38.0 Å². The van der Waals surface area contributed by atoms with Crippen LogP contribution in [-0.2, 0) is 9.59 Å². The number of carbonyl (C=O) groups excluding carboxylic acids is 2. The lowest BCUT2D eigenvalue weighted by atomic mass is 10.2. The van der Waals surface area contributed by atoms with E-state index in [4.69, 9.17) is 0 Å². The fourth-order valence-electron chi connectivity index (χ4n) is 2.12. The average Bonchev–Trinajstić information content (AvgIpc) is 2.60. The van der Waals surface area contributed by atoms with Gasteiger partial charge in [0.2, 0.25) is 11.8 Å². The number of hydrogen-bond donors (Lipinski definition) is 3. The summed E-state index contributed by atoms with van der Waals surface area (Å²) in [4.78, 5) is 23.2. The van der Waals surface area contributed by atoms with Crippen LogP contribution in [0.2, 0.25) is 0 Å². The normalized spacial score (nSPS) is 11.3. The minimum absolute atomic E-state index is 0.0902. The summed E-state index contributed by atoms with van der Waals surface area (Å²) in [5.74, 6) is 0.180. The Bertz CT molecular complexity index is 356. The van der Waals surface area contributed by atoms with Crippen LogP contribution in [0.4, 0.5) is 0 Å². The average molecular weight is 352 g/mol. The highest BCUT2D eigenvalue weighted by Crippen LogP contribution is 1.95. The molecule has 0 saturated heterocycles. The van der Waals surface area contributed by atoms with Gasteiger partial charge in [-0.15, -0.1) is 0 Å². The molecule has 0 aliphatic heterocycles. The second-order valence-electron chi connectivity index (χ2n) is 6.05. The molecule has 0 bridgehead atoms. The molecule has 0 heterocycles. The van der Waals surface area contributed by atoms with E-state index >= 15 is 0 Å². The van der Waals surface area contributed by atoms with E-state index in [9.17, 15) is 9.59 Å². The van der Waals surface area contributed by atoms with Crippen LogP contribution in [0, 0.1) is 0 Å². The zero-order chi connectivity index (χ0) is 18.6. The molecule has 5 heteroatoms. The number of amides is 2. The largest absolute Gasteiger partial charge is 0.355 e. The lowest BCUT2D eigenvalue weighted by molar-refractivity contribution is -0.121. The first kappa shape index (κ1) is 23.4. The summed E-state index contributed by atoms with van der Waals surface area (Å²) >= 11 is 0. The maximum absolute atomic E-state index is 11.6. The number of hydrogen-bond acceptors (Lipinski definition) is 3. The van der Waals surface area contributed by atoms with Crippen LogP contribution in [0.1, 0.15) is 65.2 Å². The smallest absolute Gasteiger partial charge is 0.220 e. The second-order valence-corrected chi connectivity index (χ2v) is 6.05. The summed E-state index contributed by atoms with van der Waals surface area (Å²) in [6, 6.07) is 0. The molecule has 0 aromatic carbocycles. The molecular weight excluding hydrogens is 314 g/mol. The molecule has 0 spiro atoms. The lowest BCUT2D eigenvalue weighted by Gasteiger charge is -2.07. The minimum atomic E-state index is 0.0902. The number of carbonyl (C=O) groups is 2. The van der Waals surface area contributed by atoms with Gasteiger partial charge in [-0.3, -0.25) is 9.59 Å². The highest BCUT2D eigenvalue weighted by Gasteiger charge is 1.99. The maximum atomic E-state index is 11.6. The maximum Gasteiger partial charge on any atom is 0.220 e. The third-order valence-corrected chi connectivity index (χ3v) is 3.57. The molecule has 0 aromatic heterocycles. The summed E-state index contributed by atoms with van der Waals surface area (Å²) < 4.78 is 0. The van der Waals surface area contributed by atoms with Crippen molar-refractivity contribution >= 4 is 11.8 Å². The van der Waals surface area contributed by atoms with Crippen molar-refractivity contribution in [2.75, 3.05) is 26.2 Å². The molecule has 0 saturated carbocycles. The van der Waals surface area contributed by atoms with Gasteiger partial charge in [0, 0.05) is 39.0 Å². The van der Waals surface area contributed by atoms with Crippen molar-refractivity contribution in [1.29, 1.82) is 0 Å². The van der Waals surface area contributed by atoms with Crippen LogP contribution in [0.25, 0.3) is 0 Å². The first-order valence-electron chi connectivity index (χ1n) is 9.74. The quantitative estimate of drug-likeness (QED) is 0.296. The van der Waals surface area contributed by atoms with E-state index in [0.29, 0.717) is 39.0 Å². The van der Waals surface area contributed by atoms with Crippen LogP contribution in [0.5, 0.6) is 0 Å². The first-order chi connectivity index (χ1) is 12.2. The fraction of sp³-hybridized carbons (Fsp3) is 0.700. The van der Waals surface area contributed by atoms with Gasteiger partial charge in [-0.1, -0.05) is 51.0 Å². The van der Waals surface area contributed by atoms with E-state index in [0.717, 1.165) is 38.5 Å². The van der Waals surface area contributed by atoms with E-state index in [1.165, 1.54) is 0 Å². The van der Waals surface area contributed by atoms with Crippen LogP contribution in [0.15, 0.2) is 24.3 Å². The van der Waals surface area contributed by atoms with Crippen LogP contribution >= 0.6 is 0 Å². The van der Waals surface area contributed by atoms with Gasteiger partial charge in [0.1, 0.15) is 0 Å². The predicted molar refractivity (Wildman–Crippen MR) is 105 cm³/mol. The number of unbranched alkanes of at least 4 members (excludes halogenated alkanes) is 2. The van der Waals surface area contributed by atoms with E-state index in [1.54, 1.807) is 0 Å². The SMILES string of the molecule is CCC/C=C/CCC(=O)NCCNCCNC(=O)CC/C=C/CCC. The summed E-state index contributed by atoms with van der Waals surface area (Å²) in [5.41, 5.74) is 0. The van der Waals surface area contributed by atoms with Gasteiger partial charge in [-0.05, 0) is 25.7 Å². The zero-order valence-corrected chi connectivity index (χ0v) is 16.1. The summed E-state index contributed by atoms with van der Waals surface area (Å²) in [6.45, 7) is 6.95. The van der Waals surface area contributed by atoms with Crippen molar-refractivity contribution < 1.29 is 9.59 Å². The van der Waals surface area contributed by atoms with Crippen molar-refractivity contribution in [1.82, 2.24) is 16.0 Å². The van der Waals surface area contributed by atoms with Crippen molar-refractivity contribution in [2.45, 2.75) is 65.2 Å². The van der Waals surface area contributed by atoms with Gasteiger partial charge in [0.15, 0.2) is 0 Å². The molecule has 0 aromatic rings. The van der Waals surface area contributed by atoms with Crippen LogP contribution in [0.3, 0.4) is 0 Å². The van der Waals surface area contributed by atoms with Gasteiger partial charge in [0.05, 0.1) is 0 Å². The zero-order valence-electron chi connectivity index (χ0n) is 16.1. The Hall–Kier alpha value is -1.62. The Morgan fingerprint density at radius 1 is 0.640 bits per heavy atom. The van der Waals surface area contributed by atoms with Crippen molar-refractivity contribution in [3.8, 4) is 0 Å². The van der Waals surface area contributed by atoms with Gasteiger partial charge < -0.3 is 16.0 Å². The highest BCUT2D eigenvalue weighted by atomic mass is 16.2. The molecule has 0 atom stereocenters. The standard InChI is InChI=1S/C20H37N3O2/c1-3-5-7-9-11-13-19(24)22-17-15-21-16-18-23-20(25)14-12-10-8-6-4-2/h7-10,21H,3-6,11-18H2,1-2H3,(H,22,24)(H,23,25)/b9-7+,10-8+. The number of nitrogens with one attached hydrogen (secondary N) is 3. The van der Waals surface area contributed by atoms with Crippen molar-refractivity contribution in [2.24, 2.45) is 0 Å². The molecule has 5 nitrogen and oxygen atoms in total. The van der Waals surface area contributed by atoms with Gasteiger partial charge in [-0.25, -0.2) is 0 Å². The summed E-state index contributed by atoms with van der Waals surface area (Å²) in [7, 11) is 0. The van der Waals surface area contributed by atoms with E-state index < -0.39 is 0 Å². The molecule has 144 valence electrons. The third kappa shape index (κ3) is 18.6.